The maximum absolute atomic E-state index is 4.67. The van der Waals surface area contributed by atoms with Gasteiger partial charge in [-0.2, -0.15) is 0 Å². The molecule has 0 spiro atoms. The monoisotopic (exact) mass is 366 g/mol. The predicted molar refractivity (Wildman–Crippen MR) is 98.4 cm³/mol. The second-order valence-corrected chi connectivity index (χ2v) is 7.58. The zero-order valence-corrected chi connectivity index (χ0v) is 14.2. The number of hydrogen-bond acceptors (Lipinski definition) is 2. The van der Waals surface area contributed by atoms with Crippen LogP contribution in [0.1, 0.15) is 5.56 Å². The molecule has 0 unspecified atom stereocenters. The Morgan fingerprint density at radius 2 is 1.64 bits per heavy atom. The molecule has 22 heavy (non-hydrogen) atoms. The zero-order chi connectivity index (χ0) is 14.9. The number of benzene rings is 3. The van der Waals surface area contributed by atoms with Gasteiger partial charge >= 0.3 is 141 Å². The summed E-state index contributed by atoms with van der Waals surface area (Å²) in [5.41, 5.74) is 2.15. The minimum absolute atomic E-state index is 0.980. The van der Waals surface area contributed by atoms with Crippen molar-refractivity contribution >= 4 is 63.9 Å². The van der Waals surface area contributed by atoms with Crippen LogP contribution in [-0.4, -0.2) is 22.2 Å². The number of rotatable bonds is 2. The van der Waals surface area contributed by atoms with Crippen molar-refractivity contribution in [3.8, 4) is 0 Å². The number of thiophene rings is 1. The Morgan fingerprint density at radius 3 is 2.55 bits per heavy atom. The van der Waals surface area contributed by atoms with Crippen molar-refractivity contribution in [1.29, 1.82) is 0 Å². The van der Waals surface area contributed by atoms with Gasteiger partial charge in [0, 0.05) is 0 Å². The Kier molecular flexibility index (Phi) is 3.55. The van der Waals surface area contributed by atoms with Crippen LogP contribution in [0.25, 0.3) is 20.9 Å². The molecule has 3 heteroatoms. The minimum atomic E-state index is 0.980. The van der Waals surface area contributed by atoms with E-state index in [9.17, 15) is 0 Å². The van der Waals surface area contributed by atoms with E-state index in [-0.39, 0.29) is 0 Å². The molecule has 0 aliphatic heterocycles. The fourth-order valence-electron chi connectivity index (χ4n) is 2.56. The number of fused-ring (bicyclic) bond motifs is 2. The Morgan fingerprint density at radius 1 is 0.864 bits per heavy atom. The number of aliphatic imine (C=N–C) groups is 1. The molecule has 1 heterocycles. The van der Waals surface area contributed by atoms with E-state index in [0.29, 0.717) is 0 Å². The fourth-order valence-corrected chi connectivity index (χ4v) is 4.37. The molecule has 0 atom stereocenters. The molecule has 105 valence electrons. The van der Waals surface area contributed by atoms with Gasteiger partial charge < -0.3 is 0 Å². The Balaban J connectivity index is 1.77. The Labute approximate surface area is 141 Å². The van der Waals surface area contributed by atoms with Gasteiger partial charge in [0.2, 0.25) is 0 Å². The zero-order valence-electron chi connectivity index (χ0n) is 11.7. The van der Waals surface area contributed by atoms with Gasteiger partial charge in [-0.3, -0.25) is 0 Å². The summed E-state index contributed by atoms with van der Waals surface area (Å²) in [5, 5.41) is 3.72. The van der Waals surface area contributed by atoms with Gasteiger partial charge in [-0.1, -0.05) is 0 Å². The van der Waals surface area contributed by atoms with Crippen molar-refractivity contribution in [2.45, 2.75) is 0 Å². The first-order valence-electron chi connectivity index (χ1n) is 7.03. The average molecular weight is 365 g/mol. The van der Waals surface area contributed by atoms with E-state index in [1.165, 1.54) is 30.2 Å². The summed E-state index contributed by atoms with van der Waals surface area (Å²) in [5.74, 6) is 0. The molecule has 1 radical (unpaired) electrons. The third-order valence-electron chi connectivity index (χ3n) is 3.68. The Bertz CT molecular complexity index is 1000. The van der Waals surface area contributed by atoms with Gasteiger partial charge in [0.05, 0.1) is 0 Å². The first-order chi connectivity index (χ1) is 10.8. The van der Waals surface area contributed by atoms with Gasteiger partial charge in [0.25, 0.3) is 0 Å². The molecule has 0 aliphatic carbocycles. The molecule has 3 aromatic carbocycles. The summed E-state index contributed by atoms with van der Waals surface area (Å²) >= 11 is 4.92. The van der Waals surface area contributed by atoms with Crippen LogP contribution in [0.3, 0.4) is 0 Å². The molecule has 0 bridgehead atoms. The summed E-state index contributed by atoms with van der Waals surface area (Å²) in [6, 6.07) is 23.1. The van der Waals surface area contributed by atoms with Crippen LogP contribution in [0.4, 0.5) is 5.69 Å². The summed E-state index contributed by atoms with van der Waals surface area (Å²) in [4.78, 5) is 4.67. The Hall–Kier alpha value is -1.93. The average Bonchev–Trinajstić information content (AvgIpc) is 2.88. The van der Waals surface area contributed by atoms with Gasteiger partial charge in [-0.05, 0) is 0 Å². The van der Waals surface area contributed by atoms with Crippen LogP contribution in [0, 0.1) is 0 Å². The predicted octanol–water partition coefficient (Wildman–Crippen LogP) is 4.60. The van der Waals surface area contributed by atoms with Crippen molar-refractivity contribution in [1.82, 2.24) is 0 Å². The van der Waals surface area contributed by atoms with E-state index in [0.717, 1.165) is 5.69 Å². The van der Waals surface area contributed by atoms with Crippen LogP contribution in [0.5, 0.6) is 0 Å². The summed E-state index contributed by atoms with van der Waals surface area (Å²) in [6.45, 7) is 0. The molecule has 4 aromatic rings. The molecule has 0 saturated heterocycles. The van der Waals surface area contributed by atoms with Crippen molar-refractivity contribution in [2.75, 3.05) is 0 Å². The molecule has 0 N–H and O–H groups in total. The summed E-state index contributed by atoms with van der Waals surface area (Å²) < 4.78 is 2.47. The third kappa shape index (κ3) is 2.48. The van der Waals surface area contributed by atoms with Gasteiger partial charge in [0.1, 0.15) is 0 Å². The van der Waals surface area contributed by atoms with Gasteiger partial charge in [-0.15, -0.1) is 0 Å². The summed E-state index contributed by atoms with van der Waals surface area (Å²) in [6.07, 6.45) is 1.97. The number of hydrogen-bond donors (Lipinski definition) is 0. The topological polar surface area (TPSA) is 12.4 Å². The van der Waals surface area contributed by atoms with E-state index in [1.54, 1.807) is 11.3 Å². The normalized spacial score (nSPS) is 11.6. The second kappa shape index (κ2) is 5.69. The molecule has 0 amide bonds. The van der Waals surface area contributed by atoms with Crippen LogP contribution in [-0.2, 0) is 0 Å². The first-order valence-corrected chi connectivity index (χ1v) is 8.70. The van der Waals surface area contributed by atoms with E-state index in [4.69, 9.17) is 0 Å². The maximum atomic E-state index is 4.67. The number of nitrogens with zero attached hydrogens (tertiary/aromatic N) is 1. The standard InChI is InChI=1S/C19H12NSSe/c22-19-17(16-7-3-4-8-18(16)21-19)12-20-15-10-9-13-5-1-2-6-14(13)11-15/h1-12H. The van der Waals surface area contributed by atoms with Crippen LogP contribution >= 0.6 is 11.3 Å². The molecule has 1 nitrogen and oxygen atoms in total. The first kappa shape index (κ1) is 13.7. The molecule has 0 aliphatic rings. The van der Waals surface area contributed by atoms with Crippen LogP contribution in [0.2, 0.25) is 0 Å². The summed E-state index contributed by atoms with van der Waals surface area (Å²) in [7, 11) is 0. The van der Waals surface area contributed by atoms with Crippen LogP contribution in [0.15, 0.2) is 71.7 Å². The molecular weight excluding hydrogens is 353 g/mol. The quantitative estimate of drug-likeness (QED) is 0.364. The van der Waals surface area contributed by atoms with E-state index < -0.39 is 0 Å². The molecule has 0 fully saturated rings. The van der Waals surface area contributed by atoms with Gasteiger partial charge in [0.15, 0.2) is 0 Å². The van der Waals surface area contributed by atoms with Crippen molar-refractivity contribution in [2.24, 2.45) is 4.99 Å². The molecule has 1 aromatic heterocycles. The molecule has 0 saturated carbocycles. The van der Waals surface area contributed by atoms with Crippen molar-refractivity contribution in [3.63, 3.8) is 0 Å². The fraction of sp³-hybridized carbons (Fsp3) is 0. The third-order valence-corrected chi connectivity index (χ3v) is 5.64. The van der Waals surface area contributed by atoms with Crippen molar-refractivity contribution < 1.29 is 0 Å². The van der Waals surface area contributed by atoms with Crippen LogP contribution < -0.4 is 3.78 Å². The van der Waals surface area contributed by atoms with E-state index in [2.05, 4.69) is 87.7 Å². The molecule has 4 rings (SSSR count). The van der Waals surface area contributed by atoms with Crippen molar-refractivity contribution in [3.05, 3.63) is 72.3 Å². The van der Waals surface area contributed by atoms with E-state index >= 15 is 0 Å². The SMILES string of the molecule is [Se]c1sc2ccccc2c1C=Nc1ccc2ccccc2c1. The van der Waals surface area contributed by atoms with Gasteiger partial charge in [-0.25, -0.2) is 0 Å². The molecular formula is C19H12NSSe. The van der Waals surface area contributed by atoms with E-state index in [1.807, 2.05) is 6.21 Å². The second-order valence-electron chi connectivity index (χ2n) is 5.09.